The molecule has 1 aromatic carbocycles. The number of rotatable bonds is 2. The molecule has 0 aliphatic heterocycles. The normalized spacial score (nSPS) is 10.9. The van der Waals surface area contributed by atoms with Crippen LogP contribution in [-0.2, 0) is 0 Å². The van der Waals surface area contributed by atoms with Crippen LogP contribution in [0.4, 0.5) is 10.2 Å². The molecule has 6 heteroatoms. The smallest absolute Gasteiger partial charge is 0.162 e. The summed E-state index contributed by atoms with van der Waals surface area (Å²) in [6.45, 7) is 0. The van der Waals surface area contributed by atoms with Gasteiger partial charge in [-0.2, -0.15) is 0 Å². The Bertz CT molecular complexity index is 1030. The first-order valence-corrected chi connectivity index (χ1v) is 7.30. The minimum Gasteiger partial charge on any atom is -0.383 e. The molecule has 0 amide bonds. The van der Waals surface area contributed by atoms with Crippen molar-refractivity contribution in [2.45, 2.75) is 0 Å². The summed E-state index contributed by atoms with van der Waals surface area (Å²) in [6.07, 6.45) is 6.50. The monoisotopic (exact) mass is 317 g/mol. The van der Waals surface area contributed by atoms with Crippen LogP contribution in [0, 0.1) is 5.82 Å². The molecule has 4 aromatic rings. The Labute approximate surface area is 137 Å². The van der Waals surface area contributed by atoms with Crippen molar-refractivity contribution in [1.29, 1.82) is 0 Å². The summed E-state index contributed by atoms with van der Waals surface area (Å²) < 4.78 is 14.2. The lowest BCUT2D eigenvalue weighted by Crippen LogP contribution is -2.00. The largest absolute Gasteiger partial charge is 0.383 e. The van der Waals surface area contributed by atoms with E-state index < -0.39 is 0 Å². The van der Waals surface area contributed by atoms with Crippen molar-refractivity contribution >= 4 is 16.7 Å². The number of hydrogen-bond donors (Lipinski definition) is 1. The van der Waals surface area contributed by atoms with Crippen LogP contribution in [0.15, 0.2) is 61.2 Å². The zero-order valence-corrected chi connectivity index (χ0v) is 12.5. The van der Waals surface area contributed by atoms with E-state index in [-0.39, 0.29) is 11.6 Å². The maximum atomic E-state index is 14.2. The number of anilines is 1. The van der Waals surface area contributed by atoms with Gasteiger partial charge in [-0.25, -0.2) is 14.4 Å². The fraction of sp³-hybridized carbons (Fsp3) is 0. The van der Waals surface area contributed by atoms with Gasteiger partial charge in [-0.1, -0.05) is 18.2 Å². The molecule has 0 aliphatic carbocycles. The molecule has 5 nitrogen and oxygen atoms in total. The van der Waals surface area contributed by atoms with Gasteiger partial charge in [-0.3, -0.25) is 9.97 Å². The third kappa shape index (κ3) is 2.34. The molecule has 0 atom stereocenters. The number of nitrogens with two attached hydrogens (primary N) is 1. The number of fused-ring (bicyclic) bond motifs is 1. The number of hydrogen-bond acceptors (Lipinski definition) is 5. The van der Waals surface area contributed by atoms with Gasteiger partial charge in [0.25, 0.3) is 0 Å². The van der Waals surface area contributed by atoms with Gasteiger partial charge >= 0.3 is 0 Å². The summed E-state index contributed by atoms with van der Waals surface area (Å²) in [5.41, 5.74) is 8.52. The lowest BCUT2D eigenvalue weighted by molar-refractivity contribution is 0.631. The van der Waals surface area contributed by atoms with E-state index in [2.05, 4.69) is 19.9 Å². The average Bonchev–Trinajstić information content (AvgIpc) is 2.62. The first-order chi connectivity index (χ1) is 11.7. The number of aromatic nitrogens is 4. The van der Waals surface area contributed by atoms with Gasteiger partial charge in [0.1, 0.15) is 11.6 Å². The van der Waals surface area contributed by atoms with Crippen molar-refractivity contribution in [3.05, 3.63) is 67.0 Å². The third-order valence-corrected chi connectivity index (χ3v) is 3.74. The fourth-order valence-electron chi connectivity index (χ4n) is 2.63. The summed E-state index contributed by atoms with van der Waals surface area (Å²) >= 11 is 0. The Kier molecular flexibility index (Phi) is 3.35. The number of halogens is 1. The zero-order valence-electron chi connectivity index (χ0n) is 12.5. The van der Waals surface area contributed by atoms with Gasteiger partial charge in [0, 0.05) is 35.3 Å². The van der Waals surface area contributed by atoms with E-state index >= 15 is 0 Å². The molecule has 3 heterocycles. The van der Waals surface area contributed by atoms with Crippen LogP contribution in [0.3, 0.4) is 0 Å². The second kappa shape index (κ2) is 5.66. The minimum absolute atomic E-state index is 0.285. The molecule has 2 N–H and O–H groups in total. The van der Waals surface area contributed by atoms with E-state index in [4.69, 9.17) is 5.73 Å². The van der Waals surface area contributed by atoms with E-state index in [9.17, 15) is 4.39 Å². The van der Waals surface area contributed by atoms with Crippen LogP contribution < -0.4 is 5.73 Å². The van der Waals surface area contributed by atoms with Gasteiger partial charge in [0.05, 0.1) is 17.1 Å². The van der Waals surface area contributed by atoms with Gasteiger partial charge in [-0.15, -0.1) is 0 Å². The first-order valence-electron chi connectivity index (χ1n) is 7.30. The van der Waals surface area contributed by atoms with Crippen molar-refractivity contribution < 1.29 is 4.39 Å². The van der Waals surface area contributed by atoms with Crippen molar-refractivity contribution in [3.63, 3.8) is 0 Å². The third-order valence-electron chi connectivity index (χ3n) is 3.74. The summed E-state index contributed by atoms with van der Waals surface area (Å²) in [5.74, 6) is 0.423. The molecule has 0 saturated carbocycles. The molecule has 0 unspecified atom stereocenters. The Morgan fingerprint density at radius 1 is 0.833 bits per heavy atom. The average molecular weight is 317 g/mol. The Hall–Kier alpha value is -3.41. The zero-order chi connectivity index (χ0) is 16.5. The van der Waals surface area contributed by atoms with Crippen LogP contribution in [-0.4, -0.2) is 19.9 Å². The van der Waals surface area contributed by atoms with Gasteiger partial charge in [0.15, 0.2) is 5.82 Å². The molecule has 0 aliphatic rings. The second-order valence-electron chi connectivity index (χ2n) is 5.23. The van der Waals surface area contributed by atoms with Crippen molar-refractivity contribution in [2.24, 2.45) is 0 Å². The topological polar surface area (TPSA) is 77.6 Å². The van der Waals surface area contributed by atoms with Crippen LogP contribution in [0.2, 0.25) is 0 Å². The molecular weight excluding hydrogens is 305 g/mol. The highest BCUT2D eigenvalue weighted by atomic mass is 19.1. The van der Waals surface area contributed by atoms with Crippen LogP contribution in [0.25, 0.3) is 33.4 Å². The number of nitrogen functional groups attached to an aromatic ring is 1. The standard InChI is InChI=1S/C18H12FN5/c19-14-4-2-1-3-12(14)13-9-22-10-15-16(13)17(20)24-18(23-15)11-5-7-21-8-6-11/h1-10H,(H2,20,23,24). The molecule has 0 bridgehead atoms. The molecule has 4 rings (SSSR count). The van der Waals surface area contributed by atoms with Crippen molar-refractivity contribution in [3.8, 4) is 22.5 Å². The highest BCUT2D eigenvalue weighted by Gasteiger charge is 2.14. The molecule has 0 fully saturated rings. The van der Waals surface area contributed by atoms with E-state index in [0.29, 0.717) is 27.9 Å². The van der Waals surface area contributed by atoms with Crippen LogP contribution >= 0.6 is 0 Å². The Balaban J connectivity index is 1.98. The summed E-state index contributed by atoms with van der Waals surface area (Å²) in [4.78, 5) is 17.1. The highest BCUT2D eigenvalue weighted by Crippen LogP contribution is 2.32. The van der Waals surface area contributed by atoms with E-state index in [1.807, 2.05) is 0 Å². The van der Waals surface area contributed by atoms with Gasteiger partial charge in [0.2, 0.25) is 0 Å². The second-order valence-corrected chi connectivity index (χ2v) is 5.23. The lowest BCUT2D eigenvalue weighted by atomic mass is 10.0. The van der Waals surface area contributed by atoms with Gasteiger partial charge < -0.3 is 5.73 Å². The SMILES string of the molecule is Nc1nc(-c2ccncc2)nc2cncc(-c3ccccc3F)c12. The summed E-state index contributed by atoms with van der Waals surface area (Å²) in [6, 6.07) is 10.1. The fourth-order valence-corrected chi connectivity index (χ4v) is 2.63. The number of pyridine rings is 2. The molecule has 0 radical (unpaired) electrons. The minimum atomic E-state index is -0.343. The van der Waals surface area contributed by atoms with Crippen LogP contribution in [0.5, 0.6) is 0 Å². The van der Waals surface area contributed by atoms with Gasteiger partial charge in [-0.05, 0) is 18.2 Å². The predicted molar refractivity (Wildman–Crippen MR) is 90.4 cm³/mol. The number of benzene rings is 1. The predicted octanol–water partition coefficient (Wildman–Crippen LogP) is 3.48. The Morgan fingerprint density at radius 3 is 2.42 bits per heavy atom. The molecule has 0 saturated heterocycles. The van der Waals surface area contributed by atoms with E-state index in [1.165, 1.54) is 6.07 Å². The number of nitrogens with zero attached hydrogens (tertiary/aromatic N) is 4. The quantitative estimate of drug-likeness (QED) is 0.612. The molecule has 24 heavy (non-hydrogen) atoms. The molecule has 116 valence electrons. The lowest BCUT2D eigenvalue weighted by Gasteiger charge is -2.10. The van der Waals surface area contributed by atoms with Crippen LogP contribution in [0.1, 0.15) is 0 Å². The Morgan fingerprint density at radius 2 is 1.62 bits per heavy atom. The summed E-state index contributed by atoms with van der Waals surface area (Å²) in [7, 11) is 0. The molecule has 3 aromatic heterocycles. The first kappa shape index (κ1) is 14.2. The molecular formula is C18H12FN5. The van der Waals surface area contributed by atoms with E-state index in [0.717, 1.165) is 5.56 Å². The highest BCUT2D eigenvalue weighted by molar-refractivity contribution is 6.01. The maximum Gasteiger partial charge on any atom is 0.162 e. The molecule has 0 spiro atoms. The van der Waals surface area contributed by atoms with E-state index in [1.54, 1.807) is 55.1 Å². The van der Waals surface area contributed by atoms with Crippen molar-refractivity contribution in [2.75, 3.05) is 5.73 Å². The maximum absolute atomic E-state index is 14.2. The summed E-state index contributed by atoms with van der Waals surface area (Å²) in [5, 5.41) is 0.591. The van der Waals surface area contributed by atoms with Crippen molar-refractivity contribution in [1.82, 2.24) is 19.9 Å².